The average molecular weight is 336 g/mol. The third-order valence-electron chi connectivity index (χ3n) is 3.14. The van der Waals surface area contributed by atoms with E-state index in [1.807, 2.05) is 18.2 Å². The summed E-state index contributed by atoms with van der Waals surface area (Å²) in [5, 5.41) is 15.9. The molecule has 0 saturated carbocycles. The minimum Gasteiger partial charge on any atom is -0.480 e. The van der Waals surface area contributed by atoms with Gasteiger partial charge in [-0.3, -0.25) is 0 Å². The van der Waals surface area contributed by atoms with Gasteiger partial charge in [-0.2, -0.15) is 0 Å². The van der Waals surface area contributed by atoms with Gasteiger partial charge in [0.15, 0.2) is 5.76 Å². The normalized spacial score (nSPS) is 11.4. The summed E-state index contributed by atoms with van der Waals surface area (Å²) >= 11 is 12.1. The number of nitrogens with zero attached hydrogens (tertiary/aromatic N) is 1. The summed E-state index contributed by atoms with van der Waals surface area (Å²) in [6, 6.07) is 12.5. The molecule has 0 unspecified atom stereocenters. The Labute approximate surface area is 136 Å². The van der Waals surface area contributed by atoms with Crippen LogP contribution in [0.4, 0.5) is 0 Å². The summed E-state index contributed by atoms with van der Waals surface area (Å²) in [5.41, 5.74) is 0.662. The molecule has 0 aliphatic rings. The Bertz CT molecular complexity index is 822. The van der Waals surface area contributed by atoms with E-state index < -0.39 is 0 Å². The monoisotopic (exact) mass is 335 g/mol. The van der Waals surface area contributed by atoms with Crippen molar-refractivity contribution < 1.29 is 14.4 Å². The molecule has 0 aliphatic carbocycles. The molecule has 1 heterocycles. The first-order valence-corrected chi connectivity index (χ1v) is 7.21. The van der Waals surface area contributed by atoms with Crippen molar-refractivity contribution in [2.75, 3.05) is 0 Å². The molecule has 0 amide bonds. The predicted molar refractivity (Wildman–Crippen MR) is 86.7 cm³/mol. The minimum atomic E-state index is -0.147. The van der Waals surface area contributed by atoms with Gasteiger partial charge in [0, 0.05) is 21.0 Å². The van der Waals surface area contributed by atoms with Crippen LogP contribution in [0.1, 0.15) is 11.3 Å². The number of aromatic hydroxyl groups is 1. The molecule has 0 fully saturated rings. The van der Waals surface area contributed by atoms with Crippen molar-refractivity contribution in [3.05, 3.63) is 63.8 Å². The van der Waals surface area contributed by atoms with E-state index >= 15 is 0 Å². The van der Waals surface area contributed by atoms with Gasteiger partial charge in [0.2, 0.25) is 0 Å². The third kappa shape index (κ3) is 2.89. The lowest BCUT2D eigenvalue weighted by molar-refractivity contribution is 0.132. The molecule has 0 atom stereocenters. The molecule has 22 heavy (non-hydrogen) atoms. The fourth-order valence-electron chi connectivity index (χ4n) is 2.05. The Hall–Kier alpha value is -2.17. The molecule has 1 N–H and O–H groups in total. The highest BCUT2D eigenvalue weighted by molar-refractivity contribution is 6.35. The number of rotatable bonds is 4. The molecule has 6 heteroatoms. The van der Waals surface area contributed by atoms with E-state index in [9.17, 15) is 5.11 Å². The van der Waals surface area contributed by atoms with E-state index in [-0.39, 0.29) is 12.6 Å². The van der Waals surface area contributed by atoms with Crippen LogP contribution in [0.15, 0.2) is 52.0 Å². The number of hydrogen-bond donors (Lipinski definition) is 1. The Kier molecular flexibility index (Phi) is 4.22. The maximum atomic E-state index is 9.70. The highest BCUT2D eigenvalue weighted by atomic mass is 35.5. The van der Waals surface area contributed by atoms with Crippen LogP contribution in [0.5, 0.6) is 5.95 Å². The van der Waals surface area contributed by atoms with Gasteiger partial charge in [-0.25, -0.2) is 0 Å². The standard InChI is InChI=1S/C16H11Cl2NO3/c17-13-6-3-7-14(18)12(13)9-21-19-8-15-10-4-1-2-5-11(10)16(20)22-15/h1-8,20H,9H2/b19-8-. The van der Waals surface area contributed by atoms with Crippen molar-refractivity contribution in [2.24, 2.45) is 5.16 Å². The van der Waals surface area contributed by atoms with E-state index in [4.69, 9.17) is 32.5 Å². The van der Waals surface area contributed by atoms with Crippen molar-refractivity contribution >= 4 is 40.2 Å². The van der Waals surface area contributed by atoms with Crippen molar-refractivity contribution in [1.82, 2.24) is 0 Å². The van der Waals surface area contributed by atoms with E-state index in [1.165, 1.54) is 6.21 Å². The lowest BCUT2D eigenvalue weighted by Crippen LogP contribution is -1.90. The zero-order valence-corrected chi connectivity index (χ0v) is 12.8. The van der Waals surface area contributed by atoms with Crippen LogP contribution >= 0.6 is 23.2 Å². The zero-order valence-electron chi connectivity index (χ0n) is 11.3. The first kappa shape index (κ1) is 14.8. The summed E-state index contributed by atoms with van der Waals surface area (Å²) in [6.07, 6.45) is 1.40. The second-order valence-electron chi connectivity index (χ2n) is 4.53. The zero-order chi connectivity index (χ0) is 15.5. The Morgan fingerprint density at radius 2 is 1.73 bits per heavy atom. The molecule has 2 aromatic carbocycles. The smallest absolute Gasteiger partial charge is 0.290 e. The first-order valence-electron chi connectivity index (χ1n) is 6.45. The number of benzene rings is 2. The predicted octanol–water partition coefficient (Wildman–Crippen LogP) is 5.00. The topological polar surface area (TPSA) is 55.0 Å². The SMILES string of the molecule is Oc1oc(/C=N\OCc2c(Cl)cccc2Cl)c2ccccc12. The quantitative estimate of drug-likeness (QED) is 0.539. The highest BCUT2D eigenvalue weighted by Crippen LogP contribution is 2.30. The maximum Gasteiger partial charge on any atom is 0.290 e. The first-order chi connectivity index (χ1) is 10.7. The van der Waals surface area contributed by atoms with Gasteiger partial charge < -0.3 is 14.4 Å². The minimum absolute atomic E-state index is 0.139. The van der Waals surface area contributed by atoms with Crippen molar-refractivity contribution in [1.29, 1.82) is 0 Å². The van der Waals surface area contributed by atoms with Crippen LogP contribution in [0.2, 0.25) is 10.0 Å². The number of furan rings is 1. The molecule has 0 bridgehead atoms. The molecule has 4 nitrogen and oxygen atoms in total. The number of halogens is 2. The molecule has 1 aromatic heterocycles. The van der Waals surface area contributed by atoms with Gasteiger partial charge >= 0.3 is 0 Å². The molecule has 0 saturated heterocycles. The maximum absolute atomic E-state index is 9.70. The molecule has 112 valence electrons. The van der Waals surface area contributed by atoms with E-state index in [1.54, 1.807) is 24.3 Å². The van der Waals surface area contributed by atoms with Gasteiger partial charge in [0.1, 0.15) is 12.8 Å². The lowest BCUT2D eigenvalue weighted by Gasteiger charge is -2.04. The summed E-state index contributed by atoms with van der Waals surface area (Å²) in [6.45, 7) is 0.139. The van der Waals surface area contributed by atoms with Gasteiger partial charge in [0.25, 0.3) is 5.95 Å². The van der Waals surface area contributed by atoms with E-state index in [0.717, 1.165) is 5.39 Å². The molecule has 3 aromatic rings. The van der Waals surface area contributed by atoms with Crippen LogP contribution in [0.25, 0.3) is 10.8 Å². The molecule has 0 aliphatic heterocycles. The second kappa shape index (κ2) is 6.30. The lowest BCUT2D eigenvalue weighted by atomic mass is 10.2. The fourth-order valence-corrected chi connectivity index (χ4v) is 2.56. The van der Waals surface area contributed by atoms with Crippen molar-refractivity contribution in [2.45, 2.75) is 6.61 Å². The van der Waals surface area contributed by atoms with E-state index in [0.29, 0.717) is 26.8 Å². The average Bonchev–Trinajstić information content (AvgIpc) is 2.83. The highest BCUT2D eigenvalue weighted by Gasteiger charge is 2.10. The molecular formula is C16H11Cl2NO3. The summed E-state index contributed by atoms with van der Waals surface area (Å²) in [4.78, 5) is 5.20. The Morgan fingerprint density at radius 3 is 2.45 bits per heavy atom. The van der Waals surface area contributed by atoms with Crippen LogP contribution in [-0.4, -0.2) is 11.3 Å². The van der Waals surface area contributed by atoms with Gasteiger partial charge in [-0.1, -0.05) is 52.6 Å². The van der Waals surface area contributed by atoms with Gasteiger partial charge in [0.05, 0.1) is 5.39 Å². The molecule has 0 radical (unpaired) electrons. The number of fused-ring (bicyclic) bond motifs is 1. The Balaban J connectivity index is 1.75. The largest absolute Gasteiger partial charge is 0.480 e. The molecule has 0 spiro atoms. The number of oxime groups is 1. The Morgan fingerprint density at radius 1 is 1.05 bits per heavy atom. The summed E-state index contributed by atoms with van der Waals surface area (Å²) in [5.74, 6) is 0.268. The van der Waals surface area contributed by atoms with E-state index in [2.05, 4.69) is 5.16 Å². The molecule has 3 rings (SSSR count). The van der Waals surface area contributed by atoms with Crippen LogP contribution in [-0.2, 0) is 11.4 Å². The number of hydrogen-bond acceptors (Lipinski definition) is 4. The van der Waals surface area contributed by atoms with Crippen LogP contribution in [0.3, 0.4) is 0 Å². The van der Waals surface area contributed by atoms with Gasteiger partial charge in [-0.15, -0.1) is 0 Å². The summed E-state index contributed by atoms with van der Waals surface area (Å²) in [7, 11) is 0. The fraction of sp³-hybridized carbons (Fsp3) is 0.0625. The van der Waals surface area contributed by atoms with Crippen LogP contribution in [0, 0.1) is 0 Å². The van der Waals surface area contributed by atoms with Crippen LogP contribution < -0.4 is 0 Å². The van der Waals surface area contributed by atoms with Gasteiger partial charge in [-0.05, 0) is 18.2 Å². The summed E-state index contributed by atoms with van der Waals surface area (Å²) < 4.78 is 5.24. The molecular weight excluding hydrogens is 325 g/mol. The third-order valence-corrected chi connectivity index (χ3v) is 3.85. The second-order valence-corrected chi connectivity index (χ2v) is 5.34. The van der Waals surface area contributed by atoms with Crippen molar-refractivity contribution in [3.8, 4) is 5.95 Å². The van der Waals surface area contributed by atoms with Crippen molar-refractivity contribution in [3.63, 3.8) is 0 Å².